The first kappa shape index (κ1) is 17.6. The molecule has 0 unspecified atom stereocenters. The third kappa shape index (κ3) is 3.90. The van der Waals surface area contributed by atoms with Gasteiger partial charge in [0.25, 0.3) is 5.91 Å². The minimum atomic E-state index is -0.235. The van der Waals surface area contributed by atoms with E-state index in [0.717, 1.165) is 24.1 Å². The lowest BCUT2D eigenvalue weighted by atomic mass is 9.88. The fourth-order valence-electron chi connectivity index (χ4n) is 3.61. The van der Waals surface area contributed by atoms with Crippen LogP contribution in [0.15, 0.2) is 30.5 Å². The van der Waals surface area contributed by atoms with Crippen molar-refractivity contribution < 1.29 is 13.9 Å². The highest BCUT2D eigenvalue weighted by Gasteiger charge is 2.32. The number of nitrogens with zero attached hydrogens (tertiary/aromatic N) is 2. The van der Waals surface area contributed by atoms with Crippen molar-refractivity contribution in [2.75, 3.05) is 20.2 Å². The number of aromatic nitrogens is 2. The number of carbonyl (C=O) groups is 1. The summed E-state index contributed by atoms with van der Waals surface area (Å²) in [6, 6.07) is 6.64. The molecule has 0 aliphatic carbocycles. The second kappa shape index (κ2) is 7.78. The number of rotatable bonds is 5. The van der Waals surface area contributed by atoms with Gasteiger partial charge in [-0.2, -0.15) is 5.10 Å². The fourth-order valence-corrected chi connectivity index (χ4v) is 3.61. The Morgan fingerprint density at radius 1 is 1.48 bits per heavy atom. The lowest BCUT2D eigenvalue weighted by molar-refractivity contribution is -0.00304. The molecule has 1 N–H and O–H groups in total. The third-order valence-electron chi connectivity index (χ3n) is 4.94. The van der Waals surface area contributed by atoms with Gasteiger partial charge in [-0.1, -0.05) is 19.1 Å². The molecular formula is C19H24FN3O2. The molecule has 1 aliphatic rings. The van der Waals surface area contributed by atoms with Crippen LogP contribution in [0.1, 0.15) is 35.0 Å². The number of methoxy groups -OCH3 is 1. The zero-order valence-electron chi connectivity index (χ0n) is 14.7. The van der Waals surface area contributed by atoms with Crippen molar-refractivity contribution in [2.24, 2.45) is 5.92 Å². The van der Waals surface area contributed by atoms with E-state index in [-0.39, 0.29) is 23.7 Å². The van der Waals surface area contributed by atoms with Gasteiger partial charge in [0.15, 0.2) is 0 Å². The largest absolute Gasteiger partial charge is 0.381 e. The second-order valence-electron chi connectivity index (χ2n) is 6.52. The maximum atomic E-state index is 13.5. The number of piperidine rings is 1. The summed E-state index contributed by atoms with van der Waals surface area (Å²) < 4.78 is 19.1. The highest BCUT2D eigenvalue weighted by atomic mass is 19.1. The molecule has 2 atom stereocenters. The van der Waals surface area contributed by atoms with E-state index in [0.29, 0.717) is 25.1 Å². The van der Waals surface area contributed by atoms with Crippen LogP contribution >= 0.6 is 0 Å². The maximum absolute atomic E-state index is 13.5. The van der Waals surface area contributed by atoms with E-state index < -0.39 is 0 Å². The van der Waals surface area contributed by atoms with Gasteiger partial charge in [0.1, 0.15) is 5.82 Å². The zero-order valence-corrected chi connectivity index (χ0v) is 14.7. The van der Waals surface area contributed by atoms with Gasteiger partial charge in [-0.25, -0.2) is 4.39 Å². The minimum absolute atomic E-state index is 0.00407. The summed E-state index contributed by atoms with van der Waals surface area (Å²) >= 11 is 0. The summed E-state index contributed by atoms with van der Waals surface area (Å²) in [7, 11) is 1.70. The molecule has 0 bridgehead atoms. The predicted molar refractivity (Wildman–Crippen MR) is 92.9 cm³/mol. The number of H-pyrrole nitrogens is 1. The molecule has 5 nitrogen and oxygen atoms in total. The van der Waals surface area contributed by atoms with Crippen LogP contribution in [0.25, 0.3) is 0 Å². The summed E-state index contributed by atoms with van der Waals surface area (Å²) in [5.74, 6) is -0.0907. The van der Waals surface area contributed by atoms with Crippen molar-refractivity contribution in [1.82, 2.24) is 15.1 Å². The first-order valence-corrected chi connectivity index (χ1v) is 8.71. The van der Waals surface area contributed by atoms with Crippen molar-refractivity contribution in [2.45, 2.75) is 32.3 Å². The highest BCUT2D eigenvalue weighted by molar-refractivity contribution is 5.95. The molecule has 2 aromatic rings. The van der Waals surface area contributed by atoms with Gasteiger partial charge in [-0.05, 0) is 37.0 Å². The first-order valence-electron chi connectivity index (χ1n) is 8.71. The average Bonchev–Trinajstić information content (AvgIpc) is 3.10. The second-order valence-corrected chi connectivity index (χ2v) is 6.52. The number of hydrogen-bond donors (Lipinski definition) is 1. The van der Waals surface area contributed by atoms with Gasteiger partial charge in [0.05, 0.1) is 17.9 Å². The molecule has 1 aliphatic heterocycles. The van der Waals surface area contributed by atoms with E-state index in [4.69, 9.17) is 4.74 Å². The number of likely N-dealkylation sites (tertiary alicyclic amines) is 1. The quantitative estimate of drug-likeness (QED) is 0.906. The highest BCUT2D eigenvalue weighted by Crippen LogP contribution is 2.25. The molecule has 1 aromatic carbocycles. The number of aromatic amines is 1. The fraction of sp³-hybridized carbons (Fsp3) is 0.474. The van der Waals surface area contributed by atoms with Crippen molar-refractivity contribution in [1.29, 1.82) is 0 Å². The number of amides is 1. The summed E-state index contributed by atoms with van der Waals surface area (Å²) in [6.45, 7) is 3.25. The minimum Gasteiger partial charge on any atom is -0.381 e. The molecule has 1 aromatic heterocycles. The Hall–Kier alpha value is -2.21. The van der Waals surface area contributed by atoms with Crippen molar-refractivity contribution >= 4 is 5.91 Å². The average molecular weight is 345 g/mol. The molecule has 0 spiro atoms. The molecule has 6 heteroatoms. The Morgan fingerprint density at radius 3 is 3.04 bits per heavy atom. The van der Waals surface area contributed by atoms with Gasteiger partial charge in [0, 0.05) is 31.8 Å². The number of nitrogens with one attached hydrogen (secondary N) is 1. The van der Waals surface area contributed by atoms with Crippen LogP contribution in [0.2, 0.25) is 0 Å². The molecule has 3 rings (SSSR count). The number of ether oxygens (including phenoxy) is 1. The van der Waals surface area contributed by atoms with Crippen LogP contribution in [0.5, 0.6) is 0 Å². The number of benzene rings is 1. The zero-order chi connectivity index (χ0) is 17.8. The topological polar surface area (TPSA) is 58.2 Å². The molecule has 25 heavy (non-hydrogen) atoms. The van der Waals surface area contributed by atoms with Crippen LogP contribution < -0.4 is 0 Å². The predicted octanol–water partition coefficient (Wildman–Crippen LogP) is 2.83. The Labute approximate surface area is 147 Å². The van der Waals surface area contributed by atoms with Gasteiger partial charge >= 0.3 is 0 Å². The van der Waals surface area contributed by atoms with Crippen LogP contribution in [0, 0.1) is 11.7 Å². The number of hydrogen-bond acceptors (Lipinski definition) is 3. The molecule has 134 valence electrons. The van der Waals surface area contributed by atoms with Crippen LogP contribution in [-0.2, 0) is 17.6 Å². The lowest BCUT2D eigenvalue weighted by Crippen LogP contribution is -2.47. The Kier molecular flexibility index (Phi) is 5.48. The summed E-state index contributed by atoms with van der Waals surface area (Å²) in [4.78, 5) is 14.7. The lowest BCUT2D eigenvalue weighted by Gasteiger charge is -2.38. The molecule has 0 saturated carbocycles. The normalized spacial score (nSPS) is 20.7. The van der Waals surface area contributed by atoms with Gasteiger partial charge in [-0.3, -0.25) is 9.89 Å². The van der Waals surface area contributed by atoms with E-state index in [1.54, 1.807) is 25.4 Å². The SMILES string of the molecule is CCc1[nH]ncc1C(=O)N1CC[C@@H](OC)[C@H](Cc2cccc(F)c2)C1. The molecule has 1 saturated heterocycles. The van der Waals surface area contributed by atoms with E-state index >= 15 is 0 Å². The maximum Gasteiger partial charge on any atom is 0.257 e. The van der Waals surface area contributed by atoms with E-state index in [2.05, 4.69) is 10.2 Å². The Balaban J connectivity index is 1.75. The molecule has 0 radical (unpaired) electrons. The molecule has 1 fully saturated rings. The number of carbonyl (C=O) groups excluding carboxylic acids is 1. The summed E-state index contributed by atoms with van der Waals surface area (Å²) in [5.41, 5.74) is 2.43. The summed E-state index contributed by atoms with van der Waals surface area (Å²) in [6.07, 6.45) is 3.88. The van der Waals surface area contributed by atoms with Crippen molar-refractivity contribution in [3.63, 3.8) is 0 Å². The van der Waals surface area contributed by atoms with E-state index in [1.807, 2.05) is 17.9 Å². The van der Waals surface area contributed by atoms with Gasteiger partial charge in [0.2, 0.25) is 0 Å². The van der Waals surface area contributed by atoms with Crippen LogP contribution in [-0.4, -0.2) is 47.3 Å². The van der Waals surface area contributed by atoms with Crippen molar-refractivity contribution in [3.8, 4) is 0 Å². The van der Waals surface area contributed by atoms with Gasteiger partial charge < -0.3 is 9.64 Å². The summed E-state index contributed by atoms with van der Waals surface area (Å²) in [5, 5.41) is 6.89. The monoisotopic (exact) mass is 345 g/mol. The third-order valence-corrected chi connectivity index (χ3v) is 4.94. The molecule has 1 amide bonds. The number of halogens is 1. The smallest absolute Gasteiger partial charge is 0.257 e. The van der Waals surface area contributed by atoms with Crippen LogP contribution in [0.3, 0.4) is 0 Å². The Morgan fingerprint density at radius 2 is 2.32 bits per heavy atom. The van der Waals surface area contributed by atoms with Gasteiger partial charge in [-0.15, -0.1) is 0 Å². The Bertz CT molecular complexity index is 731. The standard InChI is InChI=1S/C19H24FN3O2/c1-3-17-16(11-21-22-17)19(24)23-8-7-18(25-2)14(12-23)9-13-5-4-6-15(20)10-13/h4-6,10-11,14,18H,3,7-9,12H2,1-2H3,(H,21,22)/t14-,18-/m1/s1. The first-order chi connectivity index (χ1) is 12.1. The van der Waals surface area contributed by atoms with E-state index in [9.17, 15) is 9.18 Å². The number of aryl methyl sites for hydroxylation is 1. The van der Waals surface area contributed by atoms with E-state index in [1.165, 1.54) is 6.07 Å². The molecular weight excluding hydrogens is 321 g/mol. The van der Waals surface area contributed by atoms with Crippen LogP contribution in [0.4, 0.5) is 4.39 Å². The van der Waals surface area contributed by atoms with Crippen molar-refractivity contribution in [3.05, 3.63) is 53.1 Å². The molecule has 2 heterocycles.